The molecule has 150 valence electrons. The molecule has 1 aliphatic carbocycles. The summed E-state index contributed by atoms with van der Waals surface area (Å²) < 4.78 is 12.9. The third-order valence-corrected chi connectivity index (χ3v) is 6.55. The number of aromatic nitrogens is 2. The van der Waals surface area contributed by atoms with Gasteiger partial charge >= 0.3 is 0 Å². The van der Waals surface area contributed by atoms with Crippen molar-refractivity contribution in [3.05, 3.63) is 51.4 Å². The number of carbonyl (C=O) groups is 1. The van der Waals surface area contributed by atoms with E-state index >= 15 is 0 Å². The molecule has 1 atom stereocenters. The van der Waals surface area contributed by atoms with Crippen LogP contribution in [0.3, 0.4) is 0 Å². The fraction of sp³-hybridized carbons (Fsp3) is 0.381. The summed E-state index contributed by atoms with van der Waals surface area (Å²) in [6.45, 7) is 0.619. The molecule has 0 spiro atoms. The minimum Gasteiger partial charge on any atom is -0.486 e. The van der Waals surface area contributed by atoms with E-state index in [9.17, 15) is 9.59 Å². The van der Waals surface area contributed by atoms with Gasteiger partial charge in [0, 0.05) is 4.88 Å². The molecule has 0 bridgehead atoms. The average Bonchev–Trinajstić information content (AvgIpc) is 3.13. The number of carbonyl (C=O) groups excluding carboxylic acids is 1. The number of nitrogens with zero attached hydrogens (tertiary/aromatic N) is 2. The highest BCUT2D eigenvalue weighted by Gasteiger charge is 2.22. The number of rotatable bonds is 4. The van der Waals surface area contributed by atoms with E-state index in [-0.39, 0.29) is 24.1 Å². The first-order chi connectivity index (χ1) is 14.2. The Balaban J connectivity index is 1.26. The van der Waals surface area contributed by atoms with Crippen LogP contribution in [-0.4, -0.2) is 34.7 Å². The average molecular weight is 411 g/mol. The lowest BCUT2D eigenvalue weighted by molar-refractivity contribution is -0.122. The van der Waals surface area contributed by atoms with Crippen molar-refractivity contribution in [3.8, 4) is 11.5 Å². The molecular formula is C21H21N3O4S. The molecule has 0 saturated heterocycles. The van der Waals surface area contributed by atoms with E-state index in [1.54, 1.807) is 11.3 Å². The summed E-state index contributed by atoms with van der Waals surface area (Å²) in [6, 6.07) is 7.45. The Bertz CT molecular complexity index is 1140. The molecular weight excluding hydrogens is 390 g/mol. The van der Waals surface area contributed by atoms with Crippen molar-refractivity contribution in [2.45, 2.75) is 38.3 Å². The Labute approximate surface area is 171 Å². The van der Waals surface area contributed by atoms with Crippen molar-refractivity contribution < 1.29 is 14.3 Å². The number of amides is 1. The maximum Gasteiger partial charge on any atom is 0.262 e. The third-order valence-electron chi connectivity index (χ3n) is 5.35. The van der Waals surface area contributed by atoms with Crippen LogP contribution in [0.1, 0.15) is 23.3 Å². The standard InChI is InChI=1S/C21H21N3O4S/c25-18(22-9-13-11-27-15-6-2-3-7-16(15)28-13)10-24-12-23-20-19(21(24)26)14-5-1-4-8-17(14)29-20/h2-3,6-7,12-13H,1,4-5,8-11H2,(H,22,25)/t13-/m1/s1. The molecule has 3 heterocycles. The van der Waals surface area contributed by atoms with Crippen molar-refractivity contribution >= 4 is 27.5 Å². The minimum atomic E-state index is -0.268. The molecule has 1 aliphatic heterocycles. The Morgan fingerprint density at radius 3 is 2.97 bits per heavy atom. The van der Waals surface area contributed by atoms with Gasteiger partial charge in [-0.1, -0.05) is 12.1 Å². The molecule has 29 heavy (non-hydrogen) atoms. The summed E-state index contributed by atoms with van der Waals surface area (Å²) in [5.74, 6) is 1.13. The van der Waals surface area contributed by atoms with Crippen LogP contribution in [-0.2, 0) is 24.2 Å². The SMILES string of the molecule is O=C(Cn1cnc2sc3c(c2c1=O)CCCC3)NC[C@@H]1COc2ccccc2O1. The second-order valence-electron chi connectivity index (χ2n) is 7.37. The molecule has 1 amide bonds. The van der Waals surface area contributed by atoms with E-state index < -0.39 is 0 Å². The van der Waals surface area contributed by atoms with Gasteiger partial charge in [-0.3, -0.25) is 14.2 Å². The maximum atomic E-state index is 12.9. The van der Waals surface area contributed by atoms with Gasteiger partial charge in [0.2, 0.25) is 5.91 Å². The van der Waals surface area contributed by atoms with Gasteiger partial charge in [-0.2, -0.15) is 0 Å². The Hall–Kier alpha value is -2.87. The van der Waals surface area contributed by atoms with Crippen LogP contribution >= 0.6 is 11.3 Å². The Kier molecular flexibility index (Phi) is 4.71. The number of ether oxygens (including phenoxy) is 2. The van der Waals surface area contributed by atoms with Crippen LogP contribution in [0.5, 0.6) is 11.5 Å². The van der Waals surface area contributed by atoms with E-state index in [2.05, 4.69) is 10.3 Å². The number of fused-ring (bicyclic) bond motifs is 4. The zero-order valence-corrected chi connectivity index (χ0v) is 16.7. The molecule has 3 aromatic rings. The van der Waals surface area contributed by atoms with Crippen LogP contribution in [0.2, 0.25) is 0 Å². The lowest BCUT2D eigenvalue weighted by Gasteiger charge is -2.26. The van der Waals surface area contributed by atoms with Crippen molar-refractivity contribution in [3.63, 3.8) is 0 Å². The molecule has 0 radical (unpaired) electrons. The fourth-order valence-electron chi connectivity index (χ4n) is 3.90. The summed E-state index contributed by atoms with van der Waals surface area (Å²) in [5, 5.41) is 3.53. The van der Waals surface area contributed by atoms with E-state index in [0.717, 1.165) is 36.1 Å². The Morgan fingerprint density at radius 2 is 2.07 bits per heavy atom. The number of aryl methyl sites for hydroxylation is 2. The molecule has 0 unspecified atom stereocenters. The maximum absolute atomic E-state index is 12.9. The zero-order valence-electron chi connectivity index (χ0n) is 15.8. The summed E-state index contributed by atoms with van der Waals surface area (Å²) in [6.07, 6.45) is 5.40. The van der Waals surface area contributed by atoms with Crippen LogP contribution in [0.4, 0.5) is 0 Å². The lowest BCUT2D eigenvalue weighted by Crippen LogP contribution is -2.42. The van der Waals surface area contributed by atoms with Crippen molar-refractivity contribution in [1.82, 2.24) is 14.9 Å². The number of nitrogens with one attached hydrogen (secondary N) is 1. The first-order valence-electron chi connectivity index (χ1n) is 9.84. The highest BCUT2D eigenvalue weighted by molar-refractivity contribution is 7.18. The van der Waals surface area contributed by atoms with Gasteiger partial charge in [-0.15, -0.1) is 11.3 Å². The lowest BCUT2D eigenvalue weighted by atomic mass is 9.97. The van der Waals surface area contributed by atoms with Gasteiger partial charge in [-0.25, -0.2) is 4.98 Å². The van der Waals surface area contributed by atoms with Gasteiger partial charge in [0.25, 0.3) is 5.56 Å². The van der Waals surface area contributed by atoms with E-state index in [1.807, 2.05) is 24.3 Å². The highest BCUT2D eigenvalue weighted by atomic mass is 32.1. The second-order valence-corrected chi connectivity index (χ2v) is 8.45. The molecule has 1 aromatic carbocycles. The quantitative estimate of drug-likeness (QED) is 0.712. The number of thiophene rings is 1. The summed E-state index contributed by atoms with van der Waals surface area (Å²) >= 11 is 1.61. The number of hydrogen-bond acceptors (Lipinski definition) is 6. The van der Waals surface area contributed by atoms with Gasteiger partial charge < -0.3 is 14.8 Å². The number of benzene rings is 1. The van der Waals surface area contributed by atoms with Crippen LogP contribution in [0.15, 0.2) is 35.4 Å². The number of para-hydroxylation sites is 2. The van der Waals surface area contributed by atoms with Crippen molar-refractivity contribution in [2.75, 3.05) is 13.2 Å². The topological polar surface area (TPSA) is 82.5 Å². The van der Waals surface area contributed by atoms with Crippen LogP contribution in [0, 0.1) is 0 Å². The highest BCUT2D eigenvalue weighted by Crippen LogP contribution is 2.33. The second kappa shape index (κ2) is 7.51. The van der Waals surface area contributed by atoms with Gasteiger partial charge in [0.05, 0.1) is 18.3 Å². The van der Waals surface area contributed by atoms with E-state index in [1.165, 1.54) is 15.8 Å². The van der Waals surface area contributed by atoms with Gasteiger partial charge in [0.15, 0.2) is 11.5 Å². The summed E-state index contributed by atoms with van der Waals surface area (Å²) in [7, 11) is 0. The first kappa shape index (κ1) is 18.2. The monoisotopic (exact) mass is 411 g/mol. The van der Waals surface area contributed by atoms with Crippen molar-refractivity contribution in [1.29, 1.82) is 0 Å². The molecule has 5 rings (SSSR count). The predicted octanol–water partition coefficient (Wildman–Crippen LogP) is 2.29. The summed E-state index contributed by atoms with van der Waals surface area (Å²) in [5.41, 5.74) is 1.01. The predicted molar refractivity (Wildman–Crippen MR) is 110 cm³/mol. The minimum absolute atomic E-state index is 0.0590. The normalized spacial score (nSPS) is 17.7. The zero-order chi connectivity index (χ0) is 19.8. The van der Waals surface area contributed by atoms with E-state index in [4.69, 9.17) is 9.47 Å². The largest absolute Gasteiger partial charge is 0.486 e. The molecule has 7 nitrogen and oxygen atoms in total. The molecule has 0 fully saturated rings. The summed E-state index contributed by atoms with van der Waals surface area (Å²) in [4.78, 5) is 31.9. The van der Waals surface area contributed by atoms with Gasteiger partial charge in [0.1, 0.15) is 24.1 Å². The Morgan fingerprint density at radius 1 is 1.24 bits per heavy atom. The molecule has 8 heteroatoms. The molecule has 0 saturated carbocycles. The fourth-order valence-corrected chi connectivity index (χ4v) is 5.12. The van der Waals surface area contributed by atoms with Crippen LogP contribution < -0.4 is 20.3 Å². The smallest absolute Gasteiger partial charge is 0.262 e. The molecule has 1 N–H and O–H groups in total. The number of hydrogen-bond donors (Lipinski definition) is 1. The van der Waals surface area contributed by atoms with E-state index in [0.29, 0.717) is 30.0 Å². The molecule has 2 aromatic heterocycles. The third kappa shape index (κ3) is 3.48. The molecule has 2 aliphatic rings. The van der Waals surface area contributed by atoms with Crippen LogP contribution in [0.25, 0.3) is 10.2 Å². The first-order valence-corrected chi connectivity index (χ1v) is 10.7. The van der Waals surface area contributed by atoms with Gasteiger partial charge in [-0.05, 0) is 43.4 Å². The van der Waals surface area contributed by atoms with Crippen molar-refractivity contribution in [2.24, 2.45) is 0 Å².